The van der Waals surface area contributed by atoms with Gasteiger partial charge in [-0.05, 0) is 48.1 Å². The first-order valence-electron chi connectivity index (χ1n) is 8.82. The van der Waals surface area contributed by atoms with Gasteiger partial charge in [0.2, 0.25) is 5.91 Å². The summed E-state index contributed by atoms with van der Waals surface area (Å²) in [5, 5.41) is 3.20. The summed E-state index contributed by atoms with van der Waals surface area (Å²) in [5.41, 5.74) is 9.64. The number of aryl methyl sites for hydroxylation is 1. The molecular weight excluding hydrogens is 317 g/mol. The Morgan fingerprint density at radius 1 is 1.12 bits per heavy atom. The highest BCUT2D eigenvalue weighted by Crippen LogP contribution is 2.27. The summed E-state index contributed by atoms with van der Waals surface area (Å²) in [4.78, 5) is 12.8. The van der Waals surface area contributed by atoms with Gasteiger partial charge in [-0.2, -0.15) is 0 Å². The van der Waals surface area contributed by atoms with E-state index in [1.54, 1.807) is 6.07 Å². The van der Waals surface area contributed by atoms with Crippen molar-refractivity contribution in [1.29, 1.82) is 0 Å². The Hall–Kier alpha value is -2.24. The fraction of sp³-hybridized carbons (Fsp3) is 0.350. The number of amides is 1. The average Bonchev–Trinajstić information content (AvgIpc) is 3.11. The number of carbonyl (C=O) groups is 1. The van der Waals surface area contributed by atoms with Crippen molar-refractivity contribution in [2.45, 2.75) is 31.3 Å². The Morgan fingerprint density at radius 2 is 1.96 bits per heavy atom. The zero-order valence-electron chi connectivity index (χ0n) is 14.0. The molecule has 1 amide bonds. The molecule has 3 unspecified atom stereocenters. The number of nitrogens with one attached hydrogen (secondary N) is 3. The smallest absolute Gasteiger partial charge is 0.226 e. The SMILES string of the molecule is O=C(NC1CCc2ccccc2C1)C1CNNC1c1cccc(F)c1. The molecule has 0 saturated carbocycles. The van der Waals surface area contributed by atoms with E-state index in [1.807, 2.05) is 12.1 Å². The molecule has 0 radical (unpaired) electrons. The third-order valence-electron chi connectivity index (χ3n) is 5.22. The lowest BCUT2D eigenvalue weighted by molar-refractivity contribution is -0.125. The van der Waals surface area contributed by atoms with Crippen LogP contribution in [0.5, 0.6) is 0 Å². The predicted octanol–water partition coefficient (Wildman–Crippen LogP) is 2.26. The molecule has 3 atom stereocenters. The van der Waals surface area contributed by atoms with Crippen molar-refractivity contribution >= 4 is 5.91 Å². The van der Waals surface area contributed by atoms with Gasteiger partial charge in [0.05, 0.1) is 12.0 Å². The zero-order valence-corrected chi connectivity index (χ0v) is 14.0. The molecule has 0 aromatic heterocycles. The molecule has 3 N–H and O–H groups in total. The molecule has 25 heavy (non-hydrogen) atoms. The van der Waals surface area contributed by atoms with E-state index in [0.717, 1.165) is 24.8 Å². The largest absolute Gasteiger partial charge is 0.353 e. The fourth-order valence-corrected chi connectivity index (χ4v) is 3.89. The maximum atomic E-state index is 13.5. The van der Waals surface area contributed by atoms with Gasteiger partial charge in [0.1, 0.15) is 5.82 Å². The maximum Gasteiger partial charge on any atom is 0.226 e. The first-order valence-corrected chi connectivity index (χ1v) is 8.82. The van der Waals surface area contributed by atoms with Crippen molar-refractivity contribution in [3.63, 3.8) is 0 Å². The first kappa shape index (κ1) is 16.2. The molecule has 1 saturated heterocycles. The van der Waals surface area contributed by atoms with Crippen LogP contribution in [-0.2, 0) is 17.6 Å². The summed E-state index contributed by atoms with van der Waals surface area (Å²) in [5.74, 6) is -0.510. The van der Waals surface area contributed by atoms with Gasteiger partial charge in [-0.3, -0.25) is 10.2 Å². The highest BCUT2D eigenvalue weighted by molar-refractivity contribution is 5.80. The van der Waals surface area contributed by atoms with Crippen molar-refractivity contribution in [3.8, 4) is 0 Å². The van der Waals surface area contributed by atoms with Crippen LogP contribution < -0.4 is 16.2 Å². The molecule has 4 rings (SSSR count). The van der Waals surface area contributed by atoms with E-state index in [0.29, 0.717) is 6.54 Å². The van der Waals surface area contributed by atoms with E-state index in [9.17, 15) is 9.18 Å². The van der Waals surface area contributed by atoms with Crippen molar-refractivity contribution in [2.24, 2.45) is 5.92 Å². The normalized spacial score (nSPS) is 25.4. The molecule has 2 aromatic rings. The van der Waals surface area contributed by atoms with Gasteiger partial charge >= 0.3 is 0 Å². The predicted molar refractivity (Wildman–Crippen MR) is 94.2 cm³/mol. The number of hydrogen-bond acceptors (Lipinski definition) is 3. The van der Waals surface area contributed by atoms with Gasteiger partial charge in [0.15, 0.2) is 0 Å². The Bertz CT molecular complexity index is 779. The van der Waals surface area contributed by atoms with Crippen molar-refractivity contribution in [1.82, 2.24) is 16.2 Å². The summed E-state index contributed by atoms with van der Waals surface area (Å²) in [6.45, 7) is 0.538. The summed E-state index contributed by atoms with van der Waals surface area (Å²) in [6.07, 6.45) is 2.83. The topological polar surface area (TPSA) is 53.2 Å². The number of halogens is 1. The van der Waals surface area contributed by atoms with Crippen LogP contribution in [0, 0.1) is 11.7 Å². The fourth-order valence-electron chi connectivity index (χ4n) is 3.89. The van der Waals surface area contributed by atoms with Crippen LogP contribution in [0.1, 0.15) is 29.2 Å². The lowest BCUT2D eigenvalue weighted by Gasteiger charge is -2.27. The lowest BCUT2D eigenvalue weighted by Crippen LogP contribution is -2.43. The molecule has 5 heteroatoms. The van der Waals surface area contributed by atoms with E-state index in [-0.39, 0.29) is 29.7 Å². The Balaban J connectivity index is 1.44. The zero-order chi connectivity index (χ0) is 17.2. The second kappa shape index (κ2) is 6.94. The number of fused-ring (bicyclic) bond motifs is 1. The van der Waals surface area contributed by atoms with E-state index in [4.69, 9.17) is 0 Å². The minimum atomic E-state index is -0.283. The van der Waals surface area contributed by atoms with E-state index >= 15 is 0 Å². The lowest BCUT2D eigenvalue weighted by atomic mass is 9.87. The summed E-state index contributed by atoms with van der Waals surface area (Å²) < 4.78 is 13.5. The van der Waals surface area contributed by atoms with E-state index < -0.39 is 0 Å². The van der Waals surface area contributed by atoms with Crippen LogP contribution in [0.25, 0.3) is 0 Å². The van der Waals surface area contributed by atoms with Crippen molar-refractivity contribution < 1.29 is 9.18 Å². The number of carbonyl (C=O) groups excluding carboxylic acids is 1. The minimum Gasteiger partial charge on any atom is -0.353 e. The second-order valence-electron chi connectivity index (χ2n) is 6.88. The Morgan fingerprint density at radius 3 is 2.80 bits per heavy atom. The molecule has 1 heterocycles. The maximum absolute atomic E-state index is 13.5. The molecule has 4 nitrogen and oxygen atoms in total. The van der Waals surface area contributed by atoms with Gasteiger partial charge in [0.25, 0.3) is 0 Å². The number of hydrazine groups is 1. The minimum absolute atomic E-state index is 0.0242. The molecule has 2 aliphatic rings. The molecular formula is C20H22FN3O. The highest BCUT2D eigenvalue weighted by atomic mass is 19.1. The van der Waals surface area contributed by atoms with E-state index in [2.05, 4.69) is 34.4 Å². The highest BCUT2D eigenvalue weighted by Gasteiger charge is 2.35. The molecule has 1 aliphatic heterocycles. The Labute approximate surface area is 146 Å². The van der Waals surface area contributed by atoms with E-state index in [1.165, 1.54) is 23.3 Å². The van der Waals surface area contributed by atoms with Crippen LogP contribution in [0.3, 0.4) is 0 Å². The summed E-state index contributed by atoms with van der Waals surface area (Å²) in [6, 6.07) is 14.8. The third kappa shape index (κ3) is 3.43. The standard InChI is InChI=1S/C20H22FN3O/c21-16-7-3-6-15(10-16)19-18(12-22-24-19)20(25)23-17-9-8-13-4-1-2-5-14(13)11-17/h1-7,10,17-19,22,24H,8-9,11-12H2,(H,23,25). The van der Waals surface area contributed by atoms with Crippen LogP contribution >= 0.6 is 0 Å². The van der Waals surface area contributed by atoms with Gasteiger partial charge in [0, 0.05) is 12.6 Å². The average molecular weight is 339 g/mol. The third-order valence-corrected chi connectivity index (χ3v) is 5.22. The van der Waals surface area contributed by atoms with Gasteiger partial charge in [-0.1, -0.05) is 36.4 Å². The van der Waals surface area contributed by atoms with Crippen LogP contribution in [0.15, 0.2) is 48.5 Å². The Kier molecular flexibility index (Phi) is 4.51. The van der Waals surface area contributed by atoms with Crippen LogP contribution in [0.4, 0.5) is 4.39 Å². The molecule has 1 aliphatic carbocycles. The molecule has 0 bridgehead atoms. The second-order valence-corrected chi connectivity index (χ2v) is 6.88. The number of rotatable bonds is 3. The summed E-state index contributed by atoms with van der Waals surface area (Å²) >= 11 is 0. The first-order chi connectivity index (χ1) is 12.2. The number of benzene rings is 2. The van der Waals surface area contributed by atoms with Gasteiger partial charge < -0.3 is 5.32 Å². The summed E-state index contributed by atoms with van der Waals surface area (Å²) in [7, 11) is 0. The molecule has 130 valence electrons. The van der Waals surface area contributed by atoms with Crippen LogP contribution in [-0.4, -0.2) is 18.5 Å². The molecule has 2 aromatic carbocycles. The monoisotopic (exact) mass is 339 g/mol. The van der Waals surface area contributed by atoms with Gasteiger partial charge in [-0.15, -0.1) is 0 Å². The van der Waals surface area contributed by atoms with Crippen LogP contribution in [0.2, 0.25) is 0 Å². The van der Waals surface area contributed by atoms with Crippen molar-refractivity contribution in [2.75, 3.05) is 6.54 Å². The number of hydrogen-bond donors (Lipinski definition) is 3. The quantitative estimate of drug-likeness (QED) is 0.804. The molecule has 0 spiro atoms. The molecule has 1 fully saturated rings. The van der Waals surface area contributed by atoms with Gasteiger partial charge in [-0.25, -0.2) is 9.82 Å². The van der Waals surface area contributed by atoms with Crippen molar-refractivity contribution in [3.05, 3.63) is 71.0 Å².